The topological polar surface area (TPSA) is 75.3 Å². The molecule has 0 aliphatic heterocycles. The molecule has 0 radical (unpaired) electrons. The van der Waals surface area contributed by atoms with E-state index in [0.717, 1.165) is 4.90 Å². The van der Waals surface area contributed by atoms with Crippen LogP contribution in [-0.4, -0.2) is 20.6 Å². The fourth-order valence-corrected chi connectivity index (χ4v) is 3.99. The van der Waals surface area contributed by atoms with Gasteiger partial charge in [0.2, 0.25) is 0 Å². The summed E-state index contributed by atoms with van der Waals surface area (Å²) in [7, 11) is -3.70. The number of amides is 1. The molecule has 0 aliphatic carbocycles. The van der Waals surface area contributed by atoms with E-state index in [1.807, 2.05) is 6.26 Å². The molecule has 3 aromatic rings. The first-order valence-electron chi connectivity index (χ1n) is 8.21. The van der Waals surface area contributed by atoms with Crippen molar-refractivity contribution >= 4 is 50.7 Å². The van der Waals surface area contributed by atoms with Gasteiger partial charge in [0.1, 0.15) is 0 Å². The van der Waals surface area contributed by atoms with E-state index in [2.05, 4.69) is 10.0 Å². The predicted molar refractivity (Wildman–Crippen MR) is 115 cm³/mol. The number of sulfonamides is 1. The van der Waals surface area contributed by atoms with Gasteiger partial charge >= 0.3 is 0 Å². The average molecular weight is 433 g/mol. The SMILES string of the molecule is CSc1ccc(S(=O)(=O)Nc2ccc(C(=O)Nc3ccc(Cl)cc3)cc2)cc1. The first kappa shape index (κ1) is 20.3. The molecular weight excluding hydrogens is 416 g/mol. The van der Waals surface area contributed by atoms with Gasteiger partial charge in [-0.2, -0.15) is 0 Å². The van der Waals surface area contributed by atoms with Crippen LogP contribution in [0, 0.1) is 0 Å². The van der Waals surface area contributed by atoms with Crippen molar-refractivity contribution in [1.29, 1.82) is 0 Å². The third-order valence-corrected chi connectivity index (χ3v) is 6.26. The Labute approximate surface area is 173 Å². The Kier molecular flexibility index (Phi) is 6.28. The maximum Gasteiger partial charge on any atom is 0.261 e. The van der Waals surface area contributed by atoms with Crippen LogP contribution in [0.2, 0.25) is 5.02 Å². The molecule has 3 rings (SSSR count). The first-order chi connectivity index (χ1) is 13.4. The van der Waals surface area contributed by atoms with Gasteiger partial charge in [-0.05, 0) is 79.1 Å². The molecule has 2 N–H and O–H groups in total. The van der Waals surface area contributed by atoms with Crippen LogP contribution in [0.4, 0.5) is 11.4 Å². The molecule has 0 saturated carbocycles. The largest absolute Gasteiger partial charge is 0.322 e. The molecule has 0 heterocycles. The third-order valence-electron chi connectivity index (χ3n) is 3.87. The van der Waals surface area contributed by atoms with Crippen LogP contribution in [-0.2, 0) is 10.0 Å². The maximum absolute atomic E-state index is 12.5. The van der Waals surface area contributed by atoms with Crippen LogP contribution in [0.3, 0.4) is 0 Å². The van der Waals surface area contributed by atoms with Gasteiger partial charge in [-0.15, -0.1) is 11.8 Å². The lowest BCUT2D eigenvalue weighted by Gasteiger charge is -2.10. The number of benzene rings is 3. The van der Waals surface area contributed by atoms with Crippen molar-refractivity contribution in [1.82, 2.24) is 0 Å². The van der Waals surface area contributed by atoms with E-state index in [1.54, 1.807) is 72.8 Å². The number of rotatable bonds is 6. The molecular formula is C20H17ClN2O3S2. The molecule has 144 valence electrons. The summed E-state index contributed by atoms with van der Waals surface area (Å²) in [6.45, 7) is 0. The molecule has 0 unspecified atom stereocenters. The third kappa shape index (κ3) is 5.07. The van der Waals surface area contributed by atoms with Crippen molar-refractivity contribution in [3.05, 3.63) is 83.4 Å². The van der Waals surface area contributed by atoms with Crippen molar-refractivity contribution in [2.45, 2.75) is 9.79 Å². The van der Waals surface area contributed by atoms with Gasteiger partial charge in [-0.25, -0.2) is 8.42 Å². The predicted octanol–water partition coefficient (Wildman–Crippen LogP) is 5.12. The lowest BCUT2D eigenvalue weighted by atomic mass is 10.2. The molecule has 8 heteroatoms. The quantitative estimate of drug-likeness (QED) is 0.530. The molecule has 3 aromatic carbocycles. The fourth-order valence-electron chi connectivity index (χ4n) is 2.40. The van der Waals surface area contributed by atoms with Crippen molar-refractivity contribution in [3.63, 3.8) is 0 Å². The van der Waals surface area contributed by atoms with Gasteiger partial charge in [-0.1, -0.05) is 11.6 Å². The van der Waals surface area contributed by atoms with E-state index in [4.69, 9.17) is 11.6 Å². The van der Waals surface area contributed by atoms with E-state index >= 15 is 0 Å². The second-order valence-electron chi connectivity index (χ2n) is 5.82. The highest BCUT2D eigenvalue weighted by atomic mass is 35.5. The first-order valence-corrected chi connectivity index (χ1v) is 11.3. The molecule has 0 atom stereocenters. The zero-order valence-electron chi connectivity index (χ0n) is 14.8. The van der Waals surface area contributed by atoms with Crippen LogP contribution in [0.5, 0.6) is 0 Å². The number of thioether (sulfide) groups is 1. The number of nitrogens with one attached hydrogen (secondary N) is 2. The summed E-state index contributed by atoms with van der Waals surface area (Å²) in [5.41, 5.74) is 1.40. The van der Waals surface area contributed by atoms with Crippen LogP contribution in [0.1, 0.15) is 10.4 Å². The van der Waals surface area contributed by atoms with Gasteiger partial charge in [0, 0.05) is 26.9 Å². The van der Waals surface area contributed by atoms with Crippen LogP contribution in [0.15, 0.2) is 82.6 Å². The normalized spacial score (nSPS) is 11.1. The van der Waals surface area contributed by atoms with Crippen LogP contribution >= 0.6 is 23.4 Å². The monoisotopic (exact) mass is 432 g/mol. The van der Waals surface area contributed by atoms with Gasteiger partial charge in [0.05, 0.1) is 4.90 Å². The molecule has 1 amide bonds. The highest BCUT2D eigenvalue weighted by Crippen LogP contribution is 2.21. The molecule has 0 spiro atoms. The summed E-state index contributed by atoms with van der Waals surface area (Å²) < 4.78 is 27.5. The summed E-state index contributed by atoms with van der Waals surface area (Å²) in [5, 5.41) is 3.33. The molecule has 5 nitrogen and oxygen atoms in total. The molecule has 28 heavy (non-hydrogen) atoms. The van der Waals surface area contributed by atoms with Crippen LogP contribution < -0.4 is 10.0 Å². The van der Waals surface area contributed by atoms with E-state index < -0.39 is 10.0 Å². The summed E-state index contributed by atoms with van der Waals surface area (Å²) >= 11 is 7.36. The van der Waals surface area contributed by atoms with Gasteiger partial charge in [-0.3, -0.25) is 9.52 Å². The highest BCUT2D eigenvalue weighted by molar-refractivity contribution is 7.98. The van der Waals surface area contributed by atoms with Crippen molar-refractivity contribution < 1.29 is 13.2 Å². The highest BCUT2D eigenvalue weighted by Gasteiger charge is 2.14. The van der Waals surface area contributed by atoms with Crippen LogP contribution in [0.25, 0.3) is 0 Å². The smallest absolute Gasteiger partial charge is 0.261 e. The van der Waals surface area contributed by atoms with Gasteiger partial charge in [0.15, 0.2) is 0 Å². The Balaban J connectivity index is 1.69. The number of halogens is 1. The molecule has 0 bridgehead atoms. The second kappa shape index (κ2) is 8.68. The lowest BCUT2D eigenvalue weighted by Crippen LogP contribution is -2.14. The summed E-state index contributed by atoms with van der Waals surface area (Å²) in [5.74, 6) is -0.301. The fraction of sp³-hybridized carbons (Fsp3) is 0.0500. The van der Waals surface area contributed by atoms with Gasteiger partial charge in [0.25, 0.3) is 15.9 Å². The molecule has 0 aromatic heterocycles. The van der Waals surface area contributed by atoms with E-state index in [0.29, 0.717) is 22.0 Å². The Morgan fingerprint density at radius 1 is 0.857 bits per heavy atom. The molecule has 0 aliphatic rings. The zero-order chi connectivity index (χ0) is 20.1. The Morgan fingerprint density at radius 3 is 2.00 bits per heavy atom. The Bertz CT molecular complexity index is 1070. The standard InChI is InChI=1S/C20H17ClN2O3S2/c1-27-18-10-12-19(13-11-18)28(25,26)23-17-6-2-14(3-7-17)20(24)22-16-8-4-15(21)5-9-16/h2-13,23H,1H3,(H,22,24). The number of carbonyl (C=O) groups is 1. The number of anilines is 2. The average Bonchev–Trinajstić information content (AvgIpc) is 2.70. The number of hydrogen-bond donors (Lipinski definition) is 2. The van der Waals surface area contributed by atoms with Crippen molar-refractivity contribution in [2.24, 2.45) is 0 Å². The molecule has 0 fully saturated rings. The summed E-state index contributed by atoms with van der Waals surface area (Å²) in [4.78, 5) is 13.4. The van der Waals surface area contributed by atoms with Crippen molar-refractivity contribution in [3.8, 4) is 0 Å². The number of hydrogen-bond acceptors (Lipinski definition) is 4. The minimum Gasteiger partial charge on any atom is -0.322 e. The minimum atomic E-state index is -3.70. The lowest BCUT2D eigenvalue weighted by molar-refractivity contribution is 0.102. The second-order valence-corrected chi connectivity index (χ2v) is 8.82. The summed E-state index contributed by atoms with van der Waals surface area (Å²) in [6, 6.07) is 19.6. The Morgan fingerprint density at radius 2 is 1.43 bits per heavy atom. The Hall–Kier alpha value is -2.48. The van der Waals surface area contributed by atoms with Gasteiger partial charge < -0.3 is 5.32 Å². The zero-order valence-corrected chi connectivity index (χ0v) is 17.2. The molecule has 0 saturated heterocycles. The number of carbonyl (C=O) groups excluding carboxylic acids is 1. The van der Waals surface area contributed by atoms with Crippen molar-refractivity contribution in [2.75, 3.05) is 16.3 Å². The van der Waals surface area contributed by atoms with E-state index in [9.17, 15) is 13.2 Å². The van der Waals surface area contributed by atoms with E-state index in [-0.39, 0.29) is 10.8 Å². The minimum absolute atomic E-state index is 0.176. The van der Waals surface area contributed by atoms with E-state index in [1.165, 1.54) is 11.8 Å². The summed E-state index contributed by atoms with van der Waals surface area (Å²) in [6.07, 6.45) is 1.92. The maximum atomic E-state index is 12.5.